The van der Waals surface area contributed by atoms with Crippen molar-refractivity contribution in [3.8, 4) is 5.75 Å². The summed E-state index contributed by atoms with van der Waals surface area (Å²) in [5.41, 5.74) is 5.64. The summed E-state index contributed by atoms with van der Waals surface area (Å²) in [6.45, 7) is 14.7. The van der Waals surface area contributed by atoms with Gasteiger partial charge in [0.05, 0.1) is 6.10 Å². The van der Waals surface area contributed by atoms with Crippen LogP contribution in [0.3, 0.4) is 0 Å². The maximum atomic E-state index is 12.3. The lowest BCUT2D eigenvalue weighted by Gasteiger charge is -2.13. The first-order valence-corrected chi connectivity index (χ1v) is 10.6. The molecule has 0 N–H and O–H groups in total. The van der Waals surface area contributed by atoms with Crippen molar-refractivity contribution in [3.63, 3.8) is 0 Å². The van der Waals surface area contributed by atoms with Crippen LogP contribution in [0.5, 0.6) is 5.75 Å². The molecule has 0 spiro atoms. The number of ether oxygens (including phenoxy) is 2. The number of aryl methyl sites for hydroxylation is 1. The van der Waals surface area contributed by atoms with E-state index in [4.69, 9.17) is 9.47 Å². The number of rotatable bonds is 11. The Morgan fingerprint density at radius 2 is 1.59 bits per heavy atom. The summed E-state index contributed by atoms with van der Waals surface area (Å²) < 4.78 is 11.2. The predicted molar refractivity (Wildman–Crippen MR) is 123 cm³/mol. The van der Waals surface area contributed by atoms with E-state index in [1.807, 2.05) is 32.9 Å². The fourth-order valence-electron chi connectivity index (χ4n) is 2.81. The molecule has 1 rings (SSSR count). The van der Waals surface area contributed by atoms with Gasteiger partial charge in [-0.05, 0) is 97.9 Å². The van der Waals surface area contributed by atoms with E-state index in [1.54, 1.807) is 6.07 Å². The van der Waals surface area contributed by atoms with Crippen molar-refractivity contribution in [2.45, 2.75) is 80.3 Å². The first-order chi connectivity index (χ1) is 13.7. The maximum absolute atomic E-state index is 12.3. The molecule has 0 bridgehead atoms. The minimum atomic E-state index is -0.343. The van der Waals surface area contributed by atoms with Gasteiger partial charge < -0.3 is 9.47 Å². The zero-order valence-corrected chi connectivity index (χ0v) is 19.3. The normalized spacial score (nSPS) is 12.1. The van der Waals surface area contributed by atoms with Gasteiger partial charge in [0.2, 0.25) is 0 Å². The van der Waals surface area contributed by atoms with E-state index in [1.165, 1.54) is 16.7 Å². The number of hydrogen-bond donors (Lipinski definition) is 0. The van der Waals surface area contributed by atoms with E-state index in [2.05, 4.69) is 45.9 Å². The molecule has 0 heterocycles. The van der Waals surface area contributed by atoms with Crippen LogP contribution in [-0.4, -0.2) is 18.7 Å². The minimum absolute atomic E-state index is 0.155. The van der Waals surface area contributed by atoms with Crippen LogP contribution in [0.1, 0.15) is 83.1 Å². The third-order valence-electron chi connectivity index (χ3n) is 4.49. The Morgan fingerprint density at radius 1 is 0.966 bits per heavy atom. The molecule has 0 radical (unpaired) electrons. The molecule has 0 aliphatic rings. The van der Waals surface area contributed by atoms with Gasteiger partial charge in [0, 0.05) is 0 Å². The summed E-state index contributed by atoms with van der Waals surface area (Å²) in [5, 5.41) is 0. The number of allylic oxidation sites excluding steroid dienone is 5. The lowest BCUT2D eigenvalue weighted by atomic mass is 10.1. The van der Waals surface area contributed by atoms with Gasteiger partial charge in [-0.1, -0.05) is 34.9 Å². The van der Waals surface area contributed by atoms with E-state index in [0.717, 1.165) is 31.2 Å². The van der Waals surface area contributed by atoms with Crippen molar-refractivity contribution in [1.29, 1.82) is 0 Å². The fourth-order valence-corrected chi connectivity index (χ4v) is 2.81. The topological polar surface area (TPSA) is 35.5 Å². The van der Waals surface area contributed by atoms with Gasteiger partial charge in [0.1, 0.15) is 17.9 Å². The second kappa shape index (κ2) is 13.0. The molecule has 0 unspecified atom stereocenters. The standard InChI is InChI=1S/C26H38O3/c1-19(2)10-8-11-21(5)12-9-13-22(6)16-17-28-25-18-23(7)14-15-24(25)26(27)29-20(3)4/h10,12,14-16,18,20H,8-9,11,13,17H2,1-7H3/b21-12+,22-16+. The van der Waals surface area contributed by atoms with Crippen LogP contribution in [0.25, 0.3) is 0 Å². The summed E-state index contributed by atoms with van der Waals surface area (Å²) in [6.07, 6.45) is 10.8. The Kier molecular flexibility index (Phi) is 11.1. The van der Waals surface area contributed by atoms with Gasteiger partial charge in [-0.15, -0.1) is 0 Å². The van der Waals surface area contributed by atoms with Gasteiger partial charge in [0.15, 0.2) is 0 Å². The third kappa shape index (κ3) is 10.7. The Hall–Kier alpha value is -2.29. The Morgan fingerprint density at radius 3 is 2.21 bits per heavy atom. The molecule has 0 saturated heterocycles. The molecule has 1 aromatic rings. The lowest BCUT2D eigenvalue weighted by molar-refractivity contribution is 0.0374. The smallest absolute Gasteiger partial charge is 0.342 e. The van der Waals surface area contributed by atoms with Gasteiger partial charge in [-0.2, -0.15) is 0 Å². The molecule has 0 aliphatic carbocycles. The summed E-state index contributed by atoms with van der Waals surface area (Å²) in [7, 11) is 0. The van der Waals surface area contributed by atoms with Crippen molar-refractivity contribution in [3.05, 3.63) is 64.3 Å². The predicted octanol–water partition coefficient (Wildman–Crippen LogP) is 7.36. The second-order valence-electron chi connectivity index (χ2n) is 8.22. The summed E-state index contributed by atoms with van der Waals surface area (Å²) in [5.74, 6) is 0.235. The van der Waals surface area contributed by atoms with E-state index in [0.29, 0.717) is 17.9 Å². The van der Waals surface area contributed by atoms with Crippen LogP contribution < -0.4 is 4.74 Å². The average Bonchev–Trinajstić information content (AvgIpc) is 2.60. The molecule has 3 heteroatoms. The second-order valence-corrected chi connectivity index (χ2v) is 8.22. The Balaban J connectivity index is 2.56. The lowest BCUT2D eigenvalue weighted by Crippen LogP contribution is -2.13. The molecular formula is C26H38O3. The van der Waals surface area contributed by atoms with Crippen molar-refractivity contribution in [2.24, 2.45) is 0 Å². The Labute approximate surface area is 177 Å². The summed E-state index contributed by atoms with van der Waals surface area (Å²) in [6, 6.07) is 5.56. The molecule has 0 aliphatic heterocycles. The highest BCUT2D eigenvalue weighted by Crippen LogP contribution is 2.22. The molecular weight excluding hydrogens is 360 g/mol. The Bertz CT molecular complexity index is 747. The molecule has 0 atom stereocenters. The molecule has 29 heavy (non-hydrogen) atoms. The minimum Gasteiger partial charge on any atom is -0.489 e. The average molecular weight is 399 g/mol. The summed E-state index contributed by atoms with van der Waals surface area (Å²) >= 11 is 0. The molecule has 0 aromatic heterocycles. The van der Waals surface area contributed by atoms with Gasteiger partial charge in [-0.3, -0.25) is 0 Å². The number of hydrogen-bond acceptors (Lipinski definition) is 3. The van der Waals surface area contributed by atoms with Crippen molar-refractivity contribution < 1.29 is 14.3 Å². The quantitative estimate of drug-likeness (QED) is 0.288. The van der Waals surface area contributed by atoms with E-state index < -0.39 is 0 Å². The zero-order chi connectivity index (χ0) is 21.8. The number of benzene rings is 1. The molecule has 160 valence electrons. The van der Waals surface area contributed by atoms with Gasteiger partial charge in [-0.25, -0.2) is 4.79 Å². The molecule has 0 saturated carbocycles. The number of carbonyl (C=O) groups excluding carboxylic acids is 1. The number of carbonyl (C=O) groups is 1. The molecule has 0 fully saturated rings. The SMILES string of the molecule is CC(C)=CCC/C(C)=C/CC/C(C)=C/COc1cc(C)ccc1C(=O)OC(C)C. The van der Waals surface area contributed by atoms with Crippen LogP contribution in [0, 0.1) is 6.92 Å². The highest BCUT2D eigenvalue weighted by atomic mass is 16.5. The molecule has 0 amide bonds. The van der Waals surface area contributed by atoms with Gasteiger partial charge in [0.25, 0.3) is 0 Å². The monoisotopic (exact) mass is 398 g/mol. The molecule has 1 aromatic carbocycles. The molecule has 3 nitrogen and oxygen atoms in total. The first kappa shape index (κ1) is 24.7. The van der Waals surface area contributed by atoms with Gasteiger partial charge >= 0.3 is 5.97 Å². The van der Waals surface area contributed by atoms with Crippen molar-refractivity contribution >= 4 is 5.97 Å². The largest absolute Gasteiger partial charge is 0.489 e. The number of esters is 1. The fraction of sp³-hybridized carbons (Fsp3) is 0.500. The van der Waals surface area contributed by atoms with Crippen LogP contribution >= 0.6 is 0 Å². The highest BCUT2D eigenvalue weighted by Gasteiger charge is 2.15. The van der Waals surface area contributed by atoms with Crippen molar-refractivity contribution in [2.75, 3.05) is 6.61 Å². The highest BCUT2D eigenvalue weighted by molar-refractivity contribution is 5.92. The van der Waals surface area contributed by atoms with Crippen LogP contribution in [0.15, 0.2) is 53.1 Å². The van der Waals surface area contributed by atoms with Crippen LogP contribution in [0.4, 0.5) is 0 Å². The first-order valence-electron chi connectivity index (χ1n) is 10.6. The van der Waals surface area contributed by atoms with Crippen LogP contribution in [-0.2, 0) is 4.74 Å². The zero-order valence-electron chi connectivity index (χ0n) is 19.3. The third-order valence-corrected chi connectivity index (χ3v) is 4.49. The van der Waals surface area contributed by atoms with E-state index >= 15 is 0 Å². The summed E-state index contributed by atoms with van der Waals surface area (Å²) in [4.78, 5) is 12.3. The van der Waals surface area contributed by atoms with E-state index in [9.17, 15) is 4.79 Å². The van der Waals surface area contributed by atoms with Crippen LogP contribution in [0.2, 0.25) is 0 Å². The van der Waals surface area contributed by atoms with Crippen molar-refractivity contribution in [1.82, 2.24) is 0 Å². The maximum Gasteiger partial charge on any atom is 0.342 e. The van der Waals surface area contributed by atoms with E-state index in [-0.39, 0.29) is 12.1 Å².